The van der Waals surface area contributed by atoms with Crippen LogP contribution in [0.3, 0.4) is 0 Å². The number of aromatic nitrogens is 4. The van der Waals surface area contributed by atoms with Gasteiger partial charge < -0.3 is 9.47 Å². The fourth-order valence-electron chi connectivity index (χ4n) is 2.98. The van der Waals surface area contributed by atoms with Crippen LogP contribution in [-0.4, -0.2) is 32.6 Å². The average molecular weight is 437 g/mol. The maximum atomic E-state index is 14.6. The van der Waals surface area contributed by atoms with Gasteiger partial charge in [0.2, 0.25) is 0 Å². The first-order valence-electron chi connectivity index (χ1n) is 9.73. The third kappa shape index (κ3) is 5.21. The number of hydrogen-bond acceptors (Lipinski definition) is 6. The van der Waals surface area contributed by atoms with E-state index in [1.165, 1.54) is 17.8 Å². The van der Waals surface area contributed by atoms with Crippen LogP contribution in [0.2, 0.25) is 0 Å². The molecule has 0 N–H and O–H groups in total. The van der Waals surface area contributed by atoms with E-state index in [9.17, 15) is 4.39 Å². The third-order valence-electron chi connectivity index (χ3n) is 4.54. The van der Waals surface area contributed by atoms with Gasteiger partial charge in [-0.25, -0.2) is 4.39 Å². The summed E-state index contributed by atoms with van der Waals surface area (Å²) in [4.78, 5) is 4.34. The predicted octanol–water partition coefficient (Wildman–Crippen LogP) is 4.72. The second-order valence-electron chi connectivity index (χ2n) is 6.57. The summed E-state index contributed by atoms with van der Waals surface area (Å²) in [7, 11) is 1.61. The second-order valence-corrected chi connectivity index (χ2v) is 7.63. The Balaban J connectivity index is 1.53. The Bertz CT molecular complexity index is 1120. The van der Waals surface area contributed by atoms with Gasteiger partial charge in [0, 0.05) is 17.6 Å². The van der Waals surface area contributed by atoms with Gasteiger partial charge in [-0.05, 0) is 55.0 Å². The predicted molar refractivity (Wildman–Crippen MR) is 117 cm³/mol. The molecule has 158 valence electrons. The lowest BCUT2D eigenvalue weighted by molar-refractivity contribution is 0.292. The van der Waals surface area contributed by atoms with Gasteiger partial charge in [-0.2, -0.15) is 0 Å². The Morgan fingerprint density at radius 1 is 0.935 bits per heavy atom. The first-order chi connectivity index (χ1) is 15.2. The number of nitrogens with zero attached hydrogens (tertiary/aromatic N) is 4. The Morgan fingerprint density at radius 3 is 2.45 bits per heavy atom. The van der Waals surface area contributed by atoms with Crippen LogP contribution in [-0.2, 0) is 13.0 Å². The molecule has 31 heavy (non-hydrogen) atoms. The molecule has 2 aromatic carbocycles. The van der Waals surface area contributed by atoms with Crippen molar-refractivity contribution in [1.82, 2.24) is 19.7 Å². The highest BCUT2D eigenvalue weighted by atomic mass is 32.2. The summed E-state index contributed by atoms with van der Waals surface area (Å²) in [6.07, 6.45) is 2.55. The van der Waals surface area contributed by atoms with Crippen molar-refractivity contribution in [3.8, 4) is 17.2 Å². The summed E-state index contributed by atoms with van der Waals surface area (Å²) in [5, 5.41) is 9.17. The summed E-state index contributed by atoms with van der Waals surface area (Å²) in [5.41, 5.74) is 1.39. The minimum atomic E-state index is -0.348. The zero-order valence-corrected chi connectivity index (χ0v) is 17.8. The summed E-state index contributed by atoms with van der Waals surface area (Å²) < 4.78 is 27.3. The fourth-order valence-corrected chi connectivity index (χ4v) is 3.90. The molecule has 4 rings (SSSR count). The number of hydrogen-bond donors (Lipinski definition) is 0. The summed E-state index contributed by atoms with van der Waals surface area (Å²) >= 11 is 1.50. The molecular formula is C23H21FN4O2S. The number of methoxy groups -OCH3 is 1. The van der Waals surface area contributed by atoms with Gasteiger partial charge in [-0.15, -0.1) is 10.2 Å². The van der Waals surface area contributed by atoms with Crippen molar-refractivity contribution < 1.29 is 13.9 Å². The molecule has 2 heterocycles. The molecule has 0 aliphatic carbocycles. The molecule has 0 aliphatic heterocycles. The van der Waals surface area contributed by atoms with E-state index in [-0.39, 0.29) is 12.4 Å². The second kappa shape index (κ2) is 10.1. The minimum Gasteiger partial charge on any atom is -0.497 e. The van der Waals surface area contributed by atoms with Crippen LogP contribution < -0.4 is 9.47 Å². The molecule has 0 spiro atoms. The van der Waals surface area contributed by atoms with Gasteiger partial charge in [-0.1, -0.05) is 30.0 Å². The summed E-state index contributed by atoms with van der Waals surface area (Å²) in [5.74, 6) is 2.31. The molecule has 0 saturated heterocycles. The summed E-state index contributed by atoms with van der Waals surface area (Å²) in [6, 6.07) is 19.7. The van der Waals surface area contributed by atoms with E-state index in [0.29, 0.717) is 22.4 Å². The first-order valence-corrected chi connectivity index (χ1v) is 10.7. The van der Waals surface area contributed by atoms with Crippen LogP contribution in [0.25, 0.3) is 5.69 Å². The molecule has 0 radical (unpaired) electrons. The van der Waals surface area contributed by atoms with Crippen LogP contribution in [0.15, 0.2) is 78.1 Å². The number of rotatable bonds is 9. The van der Waals surface area contributed by atoms with Crippen molar-refractivity contribution in [1.29, 1.82) is 0 Å². The SMILES string of the molecule is COc1ccc(OCc2nnc(SCCc3ccccn3)n2-c2ccccc2F)cc1. The highest BCUT2D eigenvalue weighted by Gasteiger charge is 2.18. The molecule has 0 bridgehead atoms. The Hall–Kier alpha value is -3.39. The molecule has 0 unspecified atom stereocenters. The molecular weight excluding hydrogens is 415 g/mol. The molecule has 0 saturated carbocycles. The van der Waals surface area contributed by atoms with Crippen molar-refractivity contribution >= 4 is 11.8 Å². The fraction of sp³-hybridized carbons (Fsp3) is 0.174. The van der Waals surface area contributed by atoms with Crippen molar-refractivity contribution in [2.75, 3.05) is 12.9 Å². The molecule has 4 aromatic rings. The monoisotopic (exact) mass is 436 g/mol. The van der Waals surface area contributed by atoms with Gasteiger partial charge in [0.1, 0.15) is 23.9 Å². The number of thioether (sulfide) groups is 1. The highest BCUT2D eigenvalue weighted by Crippen LogP contribution is 2.25. The van der Waals surface area contributed by atoms with Gasteiger partial charge >= 0.3 is 0 Å². The number of halogens is 1. The molecule has 0 atom stereocenters. The van der Waals surface area contributed by atoms with Crippen LogP contribution >= 0.6 is 11.8 Å². The molecule has 0 aliphatic rings. The Labute approximate surface area is 184 Å². The van der Waals surface area contributed by atoms with Gasteiger partial charge in [-0.3, -0.25) is 9.55 Å². The van der Waals surface area contributed by atoms with E-state index in [4.69, 9.17) is 9.47 Å². The number of benzene rings is 2. The quantitative estimate of drug-likeness (QED) is 0.354. The van der Waals surface area contributed by atoms with E-state index >= 15 is 0 Å². The molecule has 6 nitrogen and oxygen atoms in total. The van der Waals surface area contributed by atoms with E-state index in [0.717, 1.165) is 23.6 Å². The number of pyridine rings is 1. The maximum Gasteiger partial charge on any atom is 0.196 e. The molecule has 2 aromatic heterocycles. The van der Waals surface area contributed by atoms with Gasteiger partial charge in [0.15, 0.2) is 11.0 Å². The number of ether oxygens (including phenoxy) is 2. The lowest BCUT2D eigenvalue weighted by Crippen LogP contribution is -2.08. The third-order valence-corrected chi connectivity index (χ3v) is 5.47. The molecule has 8 heteroatoms. The highest BCUT2D eigenvalue weighted by molar-refractivity contribution is 7.99. The van der Waals surface area contributed by atoms with Crippen molar-refractivity contribution in [3.63, 3.8) is 0 Å². The molecule has 0 fully saturated rings. The lowest BCUT2D eigenvalue weighted by atomic mass is 10.3. The van der Waals surface area contributed by atoms with E-state index in [1.54, 1.807) is 36.1 Å². The van der Waals surface area contributed by atoms with Crippen LogP contribution in [0.1, 0.15) is 11.5 Å². The topological polar surface area (TPSA) is 62.1 Å². The Morgan fingerprint density at radius 2 is 1.71 bits per heavy atom. The van der Waals surface area contributed by atoms with Crippen molar-refractivity contribution in [3.05, 3.63) is 90.3 Å². The van der Waals surface area contributed by atoms with E-state index in [2.05, 4.69) is 15.2 Å². The standard InChI is InChI=1S/C23H21FN4O2S/c1-29-18-9-11-19(12-10-18)30-16-22-26-27-23(28(22)21-8-3-2-7-20(21)24)31-15-13-17-6-4-5-14-25-17/h2-12,14H,13,15-16H2,1H3. The average Bonchev–Trinajstić information content (AvgIpc) is 3.21. The minimum absolute atomic E-state index is 0.147. The zero-order chi connectivity index (χ0) is 21.5. The van der Waals surface area contributed by atoms with E-state index in [1.807, 2.05) is 42.5 Å². The number of aryl methyl sites for hydroxylation is 1. The molecule has 0 amide bonds. The zero-order valence-electron chi connectivity index (χ0n) is 16.9. The van der Waals surface area contributed by atoms with Gasteiger partial charge in [0.05, 0.1) is 12.8 Å². The van der Waals surface area contributed by atoms with E-state index < -0.39 is 0 Å². The Kier molecular flexibility index (Phi) is 6.78. The smallest absolute Gasteiger partial charge is 0.196 e. The van der Waals surface area contributed by atoms with Crippen molar-refractivity contribution in [2.45, 2.75) is 18.2 Å². The maximum absolute atomic E-state index is 14.6. The van der Waals surface area contributed by atoms with Crippen molar-refractivity contribution in [2.24, 2.45) is 0 Å². The normalized spacial score (nSPS) is 10.8. The largest absolute Gasteiger partial charge is 0.497 e. The van der Waals surface area contributed by atoms with Crippen LogP contribution in [0.4, 0.5) is 4.39 Å². The summed E-state index contributed by atoms with van der Waals surface area (Å²) in [6.45, 7) is 0.147. The lowest BCUT2D eigenvalue weighted by Gasteiger charge is -2.12. The number of para-hydroxylation sites is 1. The van der Waals surface area contributed by atoms with Crippen LogP contribution in [0, 0.1) is 5.82 Å². The van der Waals surface area contributed by atoms with Gasteiger partial charge in [0.25, 0.3) is 0 Å². The van der Waals surface area contributed by atoms with Crippen LogP contribution in [0.5, 0.6) is 11.5 Å². The first kappa shape index (κ1) is 20.9.